The van der Waals surface area contributed by atoms with E-state index in [2.05, 4.69) is 223 Å². The van der Waals surface area contributed by atoms with Crippen LogP contribution in [0.25, 0.3) is 0 Å². The number of rotatable bonds is 6. The van der Waals surface area contributed by atoms with Gasteiger partial charge in [0.15, 0.2) is 0 Å². The molecule has 3 heteroatoms. The molecule has 8 rings (SSSR count). The zero-order chi connectivity index (χ0) is 39.5. The van der Waals surface area contributed by atoms with E-state index in [4.69, 9.17) is 0 Å². The van der Waals surface area contributed by atoms with Crippen molar-refractivity contribution in [3.63, 3.8) is 0 Å². The molecule has 2 aromatic carbocycles. The van der Waals surface area contributed by atoms with Gasteiger partial charge in [-0.3, -0.25) is 0 Å². The first-order valence-corrected chi connectivity index (χ1v) is 25.2. The molecular weight excluding hydrogens is 811 g/mol. The molecule has 0 aromatic heterocycles. The molecule has 2 fully saturated rings. The summed E-state index contributed by atoms with van der Waals surface area (Å²) < 4.78 is 3.99. The van der Waals surface area contributed by atoms with E-state index >= 15 is 0 Å². The Kier molecular flexibility index (Phi) is 11.4. The Labute approximate surface area is 366 Å². The molecule has 10 unspecified atom stereocenters. The fourth-order valence-electron chi connectivity index (χ4n) is 14.3. The second-order valence-electron chi connectivity index (χ2n) is 20.4. The van der Waals surface area contributed by atoms with E-state index in [0.717, 1.165) is 0 Å². The van der Waals surface area contributed by atoms with Crippen LogP contribution in [0.3, 0.4) is 0 Å². The molecule has 2 aromatic rings. The number of fused-ring (bicyclic) bond motifs is 8. The van der Waals surface area contributed by atoms with Crippen molar-refractivity contribution in [2.24, 2.45) is 55.2 Å². The van der Waals surface area contributed by atoms with Crippen LogP contribution in [0.2, 0.25) is 3.63 Å². The fourth-order valence-corrected chi connectivity index (χ4v) is 26.2. The van der Waals surface area contributed by atoms with Crippen molar-refractivity contribution in [3.8, 4) is 0 Å². The van der Waals surface area contributed by atoms with Crippen molar-refractivity contribution in [2.45, 2.75) is 99.6 Å². The topological polar surface area (TPSA) is 0 Å². The predicted molar refractivity (Wildman–Crippen MR) is 234 cm³/mol. The number of allylic oxidation sites excluding steroid dienone is 16. The summed E-state index contributed by atoms with van der Waals surface area (Å²) in [6.45, 7) is 31.3. The second-order valence-corrected chi connectivity index (χ2v) is 26.6. The average Bonchev–Trinajstić information content (AvgIpc) is 3.66. The Morgan fingerprint density at radius 1 is 0.667 bits per heavy atom. The molecule has 0 N–H and O–H groups in total. The fraction of sp³-hybridized carbons (Fsp3) is 0.463. The van der Waals surface area contributed by atoms with Crippen LogP contribution in [0.4, 0.5) is 0 Å². The molecule has 0 bridgehead atoms. The van der Waals surface area contributed by atoms with Gasteiger partial charge in [0.2, 0.25) is 0 Å². The minimum Gasteiger partial charge on any atom is -1.00 e. The van der Waals surface area contributed by atoms with Gasteiger partial charge in [-0.2, -0.15) is 0 Å². The summed E-state index contributed by atoms with van der Waals surface area (Å²) in [5, 5.41) is 0. The molecule has 57 heavy (non-hydrogen) atoms. The van der Waals surface area contributed by atoms with Gasteiger partial charge in [0.25, 0.3) is 0 Å². The van der Waals surface area contributed by atoms with Crippen molar-refractivity contribution in [1.29, 1.82) is 0 Å². The summed E-state index contributed by atoms with van der Waals surface area (Å²) in [6.07, 6.45) is 35.9. The molecule has 6 aliphatic carbocycles. The average molecular weight is 877 g/mol. The third-order valence-corrected chi connectivity index (χ3v) is 27.4. The van der Waals surface area contributed by atoms with Crippen LogP contribution in [-0.4, -0.2) is 3.21 Å². The van der Waals surface area contributed by atoms with Gasteiger partial charge >= 0.3 is 344 Å². The van der Waals surface area contributed by atoms with Crippen molar-refractivity contribution in [2.75, 3.05) is 0 Å². The molecule has 0 spiro atoms. The minimum atomic E-state index is -3.15. The first-order valence-electron chi connectivity index (χ1n) is 21.3. The molecule has 10 atom stereocenters. The Hall–Kier alpha value is -2.31. The Balaban J connectivity index is 0.00000275. The van der Waals surface area contributed by atoms with Gasteiger partial charge in [-0.05, 0) is 0 Å². The largest absolute Gasteiger partial charge is 1.00 e. The normalized spacial score (nSPS) is 39.2. The number of hydrogen-bond acceptors (Lipinski definition) is 0. The molecule has 0 radical (unpaired) electrons. The summed E-state index contributed by atoms with van der Waals surface area (Å²) in [5.41, 5.74) is 5.27. The van der Waals surface area contributed by atoms with E-state index in [1.165, 1.54) is 24.0 Å². The predicted octanol–water partition coefficient (Wildman–Crippen LogP) is 8.41. The van der Waals surface area contributed by atoms with Crippen LogP contribution in [0.5, 0.6) is 0 Å². The monoisotopic (exact) mass is 874 g/mol. The van der Waals surface area contributed by atoms with Crippen LogP contribution in [0, 0.1) is 55.2 Å². The first kappa shape index (κ1) is 44.3. The van der Waals surface area contributed by atoms with E-state index in [1.807, 2.05) is 3.28 Å². The van der Waals surface area contributed by atoms with Crippen molar-refractivity contribution < 1.29 is 46.1 Å². The molecule has 6 aliphatic rings. The number of halogens is 2. The van der Waals surface area contributed by atoms with Crippen molar-refractivity contribution in [3.05, 3.63) is 165 Å². The van der Waals surface area contributed by atoms with E-state index in [0.29, 0.717) is 15.5 Å². The summed E-state index contributed by atoms with van der Waals surface area (Å²) in [4.78, 5) is 0. The number of hydrogen-bond donors (Lipinski definition) is 0. The molecule has 0 aliphatic heterocycles. The molecule has 0 heterocycles. The second kappa shape index (κ2) is 14.7. The molecule has 2 saturated carbocycles. The standard InChI is InChI=1S/C29H37.C13H10.C12H19.2ClH.Zr/c1-21-14-13-15-22-20-27(6)25(4)18-10-9-16-23(25,2)24(3)17-11-12-19-26(24,5)29(27,8)28(21,22)7;1-3-7-12(8-4-1)11-13-9-5-2-6-10-13;1-5-6-10-7-8-11(9-10)12(2,3)4;;;/h9-20,22H,1-8H3;1-10H;8-10H,5-6H2,1-4H3;2*1H;/q;;;;;+2/p-2. The third-order valence-electron chi connectivity index (χ3n) is 18.1. The maximum atomic E-state index is 2.84. The summed E-state index contributed by atoms with van der Waals surface area (Å²) in [6, 6.07) is 23.4. The zero-order valence-electron chi connectivity index (χ0n) is 36.7. The van der Waals surface area contributed by atoms with Gasteiger partial charge in [0, 0.05) is 0 Å². The van der Waals surface area contributed by atoms with Gasteiger partial charge < -0.3 is 24.8 Å². The van der Waals surface area contributed by atoms with Crippen LogP contribution in [0.1, 0.15) is 107 Å². The van der Waals surface area contributed by atoms with E-state index in [9.17, 15) is 0 Å². The molecule has 0 amide bonds. The minimum absolute atomic E-state index is 0. The smallest absolute Gasteiger partial charge is 1.00 e. The van der Waals surface area contributed by atoms with Crippen LogP contribution in [-0.2, 0) is 21.3 Å². The summed E-state index contributed by atoms with van der Waals surface area (Å²) in [7, 11) is 0. The molecule has 0 nitrogen and oxygen atoms in total. The molecule has 300 valence electrons. The first-order chi connectivity index (χ1) is 25.9. The van der Waals surface area contributed by atoms with Gasteiger partial charge in [0.05, 0.1) is 0 Å². The summed E-state index contributed by atoms with van der Waals surface area (Å²) in [5.74, 6) is 0.870. The van der Waals surface area contributed by atoms with Crippen LogP contribution >= 0.6 is 0 Å². The van der Waals surface area contributed by atoms with Gasteiger partial charge in [-0.15, -0.1) is 0 Å². The number of benzene rings is 2. The van der Waals surface area contributed by atoms with Crippen molar-refractivity contribution in [1.82, 2.24) is 0 Å². The van der Waals surface area contributed by atoms with Crippen LogP contribution in [0.15, 0.2) is 154 Å². The van der Waals surface area contributed by atoms with E-state index in [-0.39, 0.29) is 68.1 Å². The van der Waals surface area contributed by atoms with Crippen LogP contribution < -0.4 is 24.8 Å². The van der Waals surface area contributed by atoms with E-state index in [1.54, 1.807) is 14.4 Å². The Bertz CT molecular complexity index is 2150. The molecular formula is C54H66Cl2Zr. The van der Waals surface area contributed by atoms with Gasteiger partial charge in [-0.25, -0.2) is 0 Å². The quantitative estimate of drug-likeness (QED) is 0.274. The van der Waals surface area contributed by atoms with Crippen molar-refractivity contribution >= 4 is 3.21 Å². The summed E-state index contributed by atoms with van der Waals surface area (Å²) >= 11 is -3.15. The van der Waals surface area contributed by atoms with Gasteiger partial charge in [0.1, 0.15) is 0 Å². The van der Waals surface area contributed by atoms with E-state index < -0.39 is 21.3 Å². The van der Waals surface area contributed by atoms with Gasteiger partial charge in [-0.1, -0.05) is 0 Å². The molecule has 0 saturated heterocycles. The maximum Gasteiger partial charge on any atom is -1.00 e. The maximum absolute atomic E-state index is 3.15. The third kappa shape index (κ3) is 5.35. The SMILES string of the molecule is CCCC1C=C(C(C)(C)C)C=[C]1[Zr+2](=[C](c1ccccc1)c1ccccc1)[CH]1C2C=CC=C(C)C2(C)C2(C)C3(C)C=CC=CC3(C)C3(C)C=CC=CC3(C)C12C.[Cl-].[Cl-]. The Morgan fingerprint density at radius 3 is 1.67 bits per heavy atom. The Morgan fingerprint density at radius 2 is 1.16 bits per heavy atom. The zero-order valence-corrected chi connectivity index (χ0v) is 40.7.